The van der Waals surface area contributed by atoms with Crippen LogP contribution in [0.4, 0.5) is 4.79 Å². The summed E-state index contributed by atoms with van der Waals surface area (Å²) in [6.07, 6.45) is 7.89. The second-order valence-electron chi connectivity index (χ2n) is 12.3. The van der Waals surface area contributed by atoms with Gasteiger partial charge in [-0.25, -0.2) is 22.3 Å². The predicted molar refractivity (Wildman–Crippen MR) is 148 cm³/mol. The first kappa shape index (κ1) is 31.9. The van der Waals surface area contributed by atoms with Crippen LogP contribution < -0.4 is 10.6 Å². The number of aliphatic carboxylic acids is 1. The number of ether oxygens (including phenoxy) is 1. The highest BCUT2D eigenvalue weighted by Crippen LogP contribution is 2.45. The third kappa shape index (κ3) is 7.74. The summed E-state index contributed by atoms with van der Waals surface area (Å²) in [5.41, 5.74) is -1.94. The number of sulfonamides is 1. The fourth-order valence-corrected chi connectivity index (χ4v) is 5.64. The van der Waals surface area contributed by atoms with E-state index >= 15 is 0 Å². The van der Waals surface area contributed by atoms with Crippen molar-refractivity contribution in [1.29, 1.82) is 0 Å². The van der Waals surface area contributed by atoms with Gasteiger partial charge in [0, 0.05) is 24.9 Å². The molecule has 3 rings (SSSR count). The number of carbonyl (C=O) groups is 4. The summed E-state index contributed by atoms with van der Waals surface area (Å²) in [6.45, 7) is 5.74. The number of carboxylic acids is 1. The van der Waals surface area contributed by atoms with Crippen molar-refractivity contribution in [2.24, 2.45) is 11.3 Å². The van der Waals surface area contributed by atoms with E-state index in [1.54, 1.807) is 0 Å². The number of nitrogens with zero attached hydrogens (tertiary/aromatic N) is 2. The number of allylic oxidation sites excluding steroid dienone is 1. The largest absolute Gasteiger partial charge is 0.479 e. The minimum atomic E-state index is -3.51. The molecular weight excluding hydrogens is 540 g/mol. The molecule has 226 valence electrons. The van der Waals surface area contributed by atoms with Crippen LogP contribution in [-0.2, 0) is 29.1 Å². The number of rotatable bonds is 6. The first-order valence-corrected chi connectivity index (χ1v) is 15.8. The number of likely N-dealkylation sites (N-methyl/N-ethyl adjacent to an activating group) is 1. The van der Waals surface area contributed by atoms with Gasteiger partial charge < -0.3 is 25.4 Å². The minimum absolute atomic E-state index is 0.0530. The summed E-state index contributed by atoms with van der Waals surface area (Å²) in [4.78, 5) is 53.5. The summed E-state index contributed by atoms with van der Waals surface area (Å²) in [5.74, 6) is -2.30. The van der Waals surface area contributed by atoms with E-state index in [1.807, 2.05) is 32.9 Å². The molecule has 3 aliphatic rings. The average Bonchev–Trinajstić information content (AvgIpc) is 3.30. The Hall–Kier alpha value is -2.67. The van der Waals surface area contributed by atoms with Crippen molar-refractivity contribution in [2.45, 2.75) is 95.9 Å². The van der Waals surface area contributed by atoms with Crippen LogP contribution in [0.5, 0.6) is 0 Å². The van der Waals surface area contributed by atoms with Crippen molar-refractivity contribution in [2.75, 3.05) is 26.4 Å². The normalized spacial score (nSPS) is 29.8. The van der Waals surface area contributed by atoms with E-state index in [4.69, 9.17) is 4.74 Å². The Morgan fingerprint density at radius 1 is 1.23 bits per heavy atom. The van der Waals surface area contributed by atoms with Crippen molar-refractivity contribution in [3.05, 3.63) is 12.2 Å². The molecule has 2 fully saturated rings. The van der Waals surface area contributed by atoms with Crippen LogP contribution in [0, 0.1) is 11.3 Å². The summed E-state index contributed by atoms with van der Waals surface area (Å²) in [5, 5.41) is 15.2. The molecule has 0 aromatic carbocycles. The topological polar surface area (TPSA) is 162 Å². The van der Waals surface area contributed by atoms with Gasteiger partial charge in [0.2, 0.25) is 21.8 Å². The lowest BCUT2D eigenvalue weighted by Crippen LogP contribution is -2.56. The Labute approximate surface area is 236 Å². The SMILES string of the molecule is CN(CC(OC(=O)N[C@H]1CCCCC/C=C\C2C[C@@]2(C(=O)O)NC(=O)[C@@H]2CCCN2C1=O)C(C)(C)C)S(C)(=O)=O. The van der Waals surface area contributed by atoms with Crippen LogP contribution >= 0.6 is 0 Å². The van der Waals surface area contributed by atoms with Crippen LogP contribution in [0.25, 0.3) is 0 Å². The molecule has 13 heteroatoms. The molecule has 5 atom stereocenters. The van der Waals surface area contributed by atoms with E-state index in [2.05, 4.69) is 10.6 Å². The molecule has 0 spiro atoms. The van der Waals surface area contributed by atoms with Gasteiger partial charge in [0.1, 0.15) is 23.7 Å². The quantitative estimate of drug-likeness (QED) is 0.399. The number of fused-ring (bicyclic) bond motifs is 2. The molecule has 12 nitrogen and oxygen atoms in total. The maximum atomic E-state index is 13.7. The number of alkyl carbamates (subject to hydrolysis) is 1. The van der Waals surface area contributed by atoms with Crippen molar-refractivity contribution >= 4 is 33.9 Å². The second kappa shape index (κ2) is 12.5. The standard InChI is InChI=1S/C27H44N4O8S/c1-26(2,3)21(17-30(4)40(5,37)38)39-25(36)28-19-13-10-8-6-7-9-12-18-16-27(18,24(34)35)29-22(32)20-14-11-15-31(20)23(19)33/h9,12,18-21H,6-8,10-11,13-17H2,1-5H3,(H,28,36)(H,29,32)(H,34,35)/b12-9-/t18?,19-,20-,21?,27+/m0/s1. The zero-order chi connectivity index (χ0) is 29.9. The molecule has 2 heterocycles. The molecule has 2 aliphatic heterocycles. The molecular formula is C27H44N4O8S. The number of carboxylic acid groups (broad SMARTS) is 1. The first-order chi connectivity index (χ1) is 18.6. The smallest absolute Gasteiger partial charge is 0.408 e. The van der Waals surface area contributed by atoms with Gasteiger partial charge in [-0.05, 0) is 38.5 Å². The van der Waals surface area contributed by atoms with Gasteiger partial charge in [-0.1, -0.05) is 45.8 Å². The number of amides is 3. The van der Waals surface area contributed by atoms with E-state index in [-0.39, 0.29) is 12.5 Å². The lowest BCUT2D eigenvalue weighted by Gasteiger charge is -2.34. The van der Waals surface area contributed by atoms with Crippen LogP contribution in [0.3, 0.4) is 0 Å². The lowest BCUT2D eigenvalue weighted by atomic mass is 9.89. The molecule has 0 bridgehead atoms. The maximum absolute atomic E-state index is 13.7. The van der Waals surface area contributed by atoms with Crippen molar-refractivity contribution in [1.82, 2.24) is 19.8 Å². The molecule has 0 radical (unpaired) electrons. The van der Waals surface area contributed by atoms with Crippen LogP contribution in [0.15, 0.2) is 12.2 Å². The molecule has 3 N–H and O–H groups in total. The van der Waals surface area contributed by atoms with E-state index in [0.717, 1.165) is 29.8 Å². The summed E-state index contributed by atoms with van der Waals surface area (Å²) < 4.78 is 30.7. The van der Waals surface area contributed by atoms with Crippen LogP contribution in [-0.4, -0.2) is 96.7 Å². The Morgan fingerprint density at radius 3 is 2.55 bits per heavy atom. The summed E-state index contributed by atoms with van der Waals surface area (Å²) >= 11 is 0. The fourth-order valence-electron chi connectivity index (χ4n) is 5.24. The van der Waals surface area contributed by atoms with Gasteiger partial charge in [0.15, 0.2) is 0 Å². The summed E-state index contributed by atoms with van der Waals surface area (Å²) in [7, 11) is -2.10. The highest BCUT2D eigenvalue weighted by Gasteiger charge is 2.61. The maximum Gasteiger partial charge on any atom is 0.408 e. The van der Waals surface area contributed by atoms with Gasteiger partial charge >= 0.3 is 12.1 Å². The molecule has 2 unspecified atom stereocenters. The molecule has 40 heavy (non-hydrogen) atoms. The molecule has 0 aromatic heterocycles. The highest BCUT2D eigenvalue weighted by atomic mass is 32.2. The second-order valence-corrected chi connectivity index (χ2v) is 14.4. The summed E-state index contributed by atoms with van der Waals surface area (Å²) in [6, 6.07) is -1.78. The molecule has 1 saturated carbocycles. The van der Waals surface area contributed by atoms with Crippen LogP contribution in [0.2, 0.25) is 0 Å². The van der Waals surface area contributed by atoms with E-state index in [9.17, 15) is 32.7 Å². The van der Waals surface area contributed by atoms with Gasteiger partial charge in [0.05, 0.1) is 12.8 Å². The van der Waals surface area contributed by atoms with Crippen molar-refractivity contribution in [3.63, 3.8) is 0 Å². The minimum Gasteiger partial charge on any atom is -0.479 e. The monoisotopic (exact) mass is 584 g/mol. The van der Waals surface area contributed by atoms with E-state index in [1.165, 1.54) is 11.9 Å². The van der Waals surface area contributed by atoms with Gasteiger partial charge in [-0.2, -0.15) is 0 Å². The number of hydrogen-bond donors (Lipinski definition) is 3. The van der Waals surface area contributed by atoms with Gasteiger partial charge in [-0.3, -0.25) is 9.59 Å². The zero-order valence-electron chi connectivity index (χ0n) is 24.1. The van der Waals surface area contributed by atoms with Gasteiger partial charge in [-0.15, -0.1) is 0 Å². The van der Waals surface area contributed by atoms with Crippen molar-refractivity contribution in [3.8, 4) is 0 Å². The van der Waals surface area contributed by atoms with Gasteiger partial charge in [0.25, 0.3) is 0 Å². The van der Waals surface area contributed by atoms with Crippen LogP contribution in [0.1, 0.15) is 72.1 Å². The third-order valence-corrected chi connectivity index (χ3v) is 9.39. The van der Waals surface area contributed by atoms with E-state index < -0.39 is 63.0 Å². The Balaban J connectivity index is 1.78. The van der Waals surface area contributed by atoms with Crippen molar-refractivity contribution < 1.29 is 37.4 Å². The number of carbonyl (C=O) groups excluding carboxylic acids is 3. The average molecular weight is 585 g/mol. The zero-order valence-corrected chi connectivity index (χ0v) is 25.0. The Bertz CT molecular complexity index is 1120. The molecule has 1 aliphatic carbocycles. The molecule has 0 aromatic rings. The fraction of sp³-hybridized carbons (Fsp3) is 0.778. The molecule has 3 amide bonds. The Morgan fingerprint density at radius 2 is 1.93 bits per heavy atom. The highest BCUT2D eigenvalue weighted by molar-refractivity contribution is 7.88. The molecule has 1 saturated heterocycles. The number of hydrogen-bond acceptors (Lipinski definition) is 7. The lowest BCUT2D eigenvalue weighted by molar-refractivity contribution is -0.145. The predicted octanol–water partition coefficient (Wildman–Crippen LogP) is 1.86. The first-order valence-electron chi connectivity index (χ1n) is 14.0. The third-order valence-electron chi connectivity index (χ3n) is 8.11. The number of nitrogens with one attached hydrogen (secondary N) is 2. The Kier molecular flexibility index (Phi) is 9.92. The van der Waals surface area contributed by atoms with E-state index in [0.29, 0.717) is 38.6 Å².